The second-order valence-electron chi connectivity index (χ2n) is 5.82. The van der Waals surface area contributed by atoms with Crippen LogP contribution in [0, 0.1) is 10.1 Å². The lowest BCUT2D eigenvalue weighted by atomic mass is 10.2. The third kappa shape index (κ3) is 4.40. The Morgan fingerprint density at radius 2 is 1.91 bits per heavy atom. The smallest absolute Gasteiger partial charge is 0.293 e. The zero-order valence-electron chi connectivity index (χ0n) is 13.2. The van der Waals surface area contributed by atoms with E-state index >= 15 is 0 Å². The summed E-state index contributed by atoms with van der Waals surface area (Å²) in [4.78, 5) is 14.7. The molecule has 8 nitrogen and oxygen atoms in total. The van der Waals surface area contributed by atoms with Crippen LogP contribution in [0.25, 0.3) is 0 Å². The van der Waals surface area contributed by atoms with Crippen molar-refractivity contribution in [2.45, 2.75) is 17.9 Å². The van der Waals surface area contributed by atoms with Gasteiger partial charge in [-0.1, -0.05) is 0 Å². The van der Waals surface area contributed by atoms with E-state index in [1.165, 1.54) is 12.1 Å². The second-order valence-corrected chi connectivity index (χ2v) is 7.83. The Kier molecular flexibility index (Phi) is 5.23. The zero-order valence-corrected chi connectivity index (χ0v) is 14.0. The lowest BCUT2D eigenvalue weighted by Crippen LogP contribution is -2.48. The van der Waals surface area contributed by atoms with Crippen molar-refractivity contribution in [2.75, 3.05) is 43.9 Å². The lowest BCUT2D eigenvalue weighted by molar-refractivity contribution is -0.384. The molecular formula is C14H21N3O5S. The van der Waals surface area contributed by atoms with Gasteiger partial charge in [-0.15, -0.1) is 0 Å². The normalized spacial score (nSPS) is 18.0. The molecular weight excluding hydrogens is 322 g/mol. The molecule has 1 atom stereocenters. The molecule has 0 radical (unpaired) electrons. The van der Waals surface area contributed by atoms with E-state index in [9.17, 15) is 23.6 Å². The summed E-state index contributed by atoms with van der Waals surface area (Å²) in [5, 5.41) is 20.7. The first kappa shape index (κ1) is 17.6. The summed E-state index contributed by atoms with van der Waals surface area (Å²) in [6.45, 7) is 4.85. The number of hydrogen-bond donors (Lipinski definition) is 1. The number of nitro groups is 1. The van der Waals surface area contributed by atoms with Gasteiger partial charge in [0, 0.05) is 45.0 Å². The van der Waals surface area contributed by atoms with Gasteiger partial charge in [-0.05, 0) is 19.1 Å². The van der Waals surface area contributed by atoms with Crippen molar-refractivity contribution in [1.82, 2.24) is 4.90 Å². The fraction of sp³-hybridized carbons (Fsp3) is 0.571. The molecule has 1 heterocycles. The van der Waals surface area contributed by atoms with E-state index in [1.807, 2.05) is 4.90 Å². The molecule has 1 fully saturated rings. The van der Waals surface area contributed by atoms with Crippen LogP contribution in [0.2, 0.25) is 0 Å². The fourth-order valence-corrected chi connectivity index (χ4v) is 3.33. The van der Waals surface area contributed by atoms with E-state index in [-0.39, 0.29) is 10.6 Å². The van der Waals surface area contributed by atoms with Gasteiger partial charge >= 0.3 is 0 Å². The van der Waals surface area contributed by atoms with Crippen molar-refractivity contribution >= 4 is 21.2 Å². The summed E-state index contributed by atoms with van der Waals surface area (Å²) >= 11 is 0. The molecule has 1 aromatic rings. The van der Waals surface area contributed by atoms with E-state index in [0.717, 1.165) is 12.3 Å². The van der Waals surface area contributed by atoms with E-state index in [0.29, 0.717) is 38.4 Å². The SMILES string of the molecule is C[C@@H](O)CN1CCN(c2ccc(S(C)(=O)=O)cc2[N+](=O)[O-])CC1. The molecule has 128 valence electrons. The molecule has 1 aliphatic rings. The molecule has 0 saturated carbocycles. The minimum atomic E-state index is -3.49. The Bertz CT molecular complexity index is 682. The van der Waals surface area contributed by atoms with Crippen molar-refractivity contribution in [1.29, 1.82) is 0 Å². The molecule has 0 spiro atoms. The summed E-state index contributed by atoms with van der Waals surface area (Å²) in [5.41, 5.74) is 0.232. The molecule has 0 unspecified atom stereocenters. The average molecular weight is 343 g/mol. The molecule has 9 heteroatoms. The number of nitro benzene ring substituents is 1. The van der Waals surface area contributed by atoms with Gasteiger partial charge < -0.3 is 10.0 Å². The number of hydrogen-bond acceptors (Lipinski definition) is 7. The molecule has 0 bridgehead atoms. The maximum atomic E-state index is 11.6. The lowest BCUT2D eigenvalue weighted by Gasteiger charge is -2.36. The van der Waals surface area contributed by atoms with Crippen LogP contribution < -0.4 is 4.90 Å². The van der Waals surface area contributed by atoms with Gasteiger partial charge in [0.15, 0.2) is 9.84 Å². The quantitative estimate of drug-likeness (QED) is 0.613. The van der Waals surface area contributed by atoms with E-state index in [2.05, 4.69) is 4.90 Å². The van der Waals surface area contributed by atoms with E-state index in [1.54, 1.807) is 6.92 Å². The third-order valence-corrected chi connectivity index (χ3v) is 4.92. The number of benzene rings is 1. The predicted octanol–water partition coefficient (Wildman–Crippen LogP) is 0.501. The molecule has 1 aliphatic heterocycles. The van der Waals surface area contributed by atoms with Crippen molar-refractivity contribution in [3.8, 4) is 0 Å². The molecule has 23 heavy (non-hydrogen) atoms. The molecule has 1 N–H and O–H groups in total. The van der Waals surface area contributed by atoms with Crippen LogP contribution in [-0.4, -0.2) is 68.4 Å². The summed E-state index contributed by atoms with van der Waals surface area (Å²) in [6, 6.07) is 4.02. The Balaban J connectivity index is 2.22. The van der Waals surface area contributed by atoms with Crippen LogP contribution in [0.4, 0.5) is 11.4 Å². The summed E-state index contributed by atoms with van der Waals surface area (Å²) < 4.78 is 23.1. The number of β-amino-alcohol motifs (C(OH)–C–C–N with tert-alkyl or cyclic N) is 1. The molecule has 0 aliphatic carbocycles. The average Bonchev–Trinajstić information content (AvgIpc) is 2.46. The van der Waals surface area contributed by atoms with E-state index < -0.39 is 20.9 Å². The number of aliphatic hydroxyl groups excluding tert-OH is 1. The number of aliphatic hydroxyl groups is 1. The highest BCUT2D eigenvalue weighted by Crippen LogP contribution is 2.31. The Morgan fingerprint density at radius 3 is 2.39 bits per heavy atom. The molecule has 0 aromatic heterocycles. The van der Waals surface area contributed by atoms with Crippen LogP contribution in [0.3, 0.4) is 0 Å². The summed E-state index contributed by atoms with van der Waals surface area (Å²) in [7, 11) is -3.49. The molecule has 1 aromatic carbocycles. The highest BCUT2D eigenvalue weighted by Gasteiger charge is 2.25. The zero-order chi connectivity index (χ0) is 17.2. The Morgan fingerprint density at radius 1 is 1.30 bits per heavy atom. The minimum absolute atomic E-state index is 0.0549. The standard InChI is InChI=1S/C14H21N3O5S/c1-11(18)10-15-5-7-16(8-6-15)13-4-3-12(23(2,21)22)9-14(13)17(19)20/h3-4,9,11,18H,5-8,10H2,1-2H3/t11-/m1/s1. The first-order valence-electron chi connectivity index (χ1n) is 7.32. The first-order valence-corrected chi connectivity index (χ1v) is 9.21. The first-order chi connectivity index (χ1) is 10.7. The third-order valence-electron chi connectivity index (χ3n) is 3.81. The second kappa shape index (κ2) is 6.81. The van der Waals surface area contributed by atoms with Crippen LogP contribution in [-0.2, 0) is 9.84 Å². The maximum absolute atomic E-state index is 11.6. The summed E-state index contributed by atoms with van der Waals surface area (Å²) in [6.07, 6.45) is 0.616. The number of piperazine rings is 1. The number of anilines is 1. The summed E-state index contributed by atoms with van der Waals surface area (Å²) in [5.74, 6) is 0. The van der Waals surface area contributed by atoms with Gasteiger partial charge in [0.25, 0.3) is 5.69 Å². The number of nitrogens with zero attached hydrogens (tertiary/aromatic N) is 3. The topological polar surface area (TPSA) is 104 Å². The minimum Gasteiger partial charge on any atom is -0.392 e. The largest absolute Gasteiger partial charge is 0.392 e. The van der Waals surface area contributed by atoms with Gasteiger partial charge in [-0.2, -0.15) is 0 Å². The van der Waals surface area contributed by atoms with E-state index in [4.69, 9.17) is 0 Å². The molecule has 1 saturated heterocycles. The maximum Gasteiger partial charge on any atom is 0.293 e. The predicted molar refractivity (Wildman–Crippen MR) is 86.5 cm³/mol. The highest BCUT2D eigenvalue weighted by atomic mass is 32.2. The van der Waals surface area contributed by atoms with Gasteiger partial charge in [0.05, 0.1) is 15.9 Å². The van der Waals surface area contributed by atoms with Crippen molar-refractivity contribution < 1.29 is 18.4 Å². The van der Waals surface area contributed by atoms with Gasteiger partial charge in [-0.3, -0.25) is 15.0 Å². The number of rotatable bonds is 5. The van der Waals surface area contributed by atoms with Gasteiger partial charge in [0.1, 0.15) is 5.69 Å². The van der Waals surface area contributed by atoms with Gasteiger partial charge in [0.2, 0.25) is 0 Å². The van der Waals surface area contributed by atoms with Crippen LogP contribution in [0.5, 0.6) is 0 Å². The monoisotopic (exact) mass is 343 g/mol. The highest BCUT2D eigenvalue weighted by molar-refractivity contribution is 7.90. The fourth-order valence-electron chi connectivity index (χ4n) is 2.69. The molecule has 0 amide bonds. The Hall–Kier alpha value is -1.71. The number of sulfone groups is 1. The van der Waals surface area contributed by atoms with Crippen LogP contribution in [0.15, 0.2) is 23.1 Å². The van der Waals surface area contributed by atoms with Crippen molar-refractivity contribution in [3.05, 3.63) is 28.3 Å². The van der Waals surface area contributed by atoms with Crippen molar-refractivity contribution in [2.24, 2.45) is 0 Å². The van der Waals surface area contributed by atoms with Crippen LogP contribution in [0.1, 0.15) is 6.92 Å². The van der Waals surface area contributed by atoms with Gasteiger partial charge in [-0.25, -0.2) is 8.42 Å². The van der Waals surface area contributed by atoms with Crippen LogP contribution >= 0.6 is 0 Å². The molecule has 2 rings (SSSR count). The van der Waals surface area contributed by atoms with Crippen molar-refractivity contribution in [3.63, 3.8) is 0 Å². The Labute approximate surface area is 135 Å².